The van der Waals surface area contributed by atoms with E-state index in [-0.39, 0.29) is 5.91 Å². The van der Waals surface area contributed by atoms with E-state index in [0.29, 0.717) is 22.6 Å². The minimum atomic E-state index is -0.259. The number of amides is 1. The highest BCUT2D eigenvalue weighted by Gasteiger charge is 2.09. The van der Waals surface area contributed by atoms with E-state index in [1.807, 2.05) is 6.92 Å². The molecule has 5 nitrogen and oxygen atoms in total. The van der Waals surface area contributed by atoms with Gasteiger partial charge in [-0.05, 0) is 37.3 Å². The van der Waals surface area contributed by atoms with Gasteiger partial charge in [0.2, 0.25) is 0 Å². The number of nitrogens with two attached hydrogens (primary N) is 2. The Bertz CT molecular complexity index is 575. The van der Waals surface area contributed by atoms with Gasteiger partial charge in [-0.25, -0.2) is 0 Å². The highest BCUT2D eigenvalue weighted by Crippen LogP contribution is 2.16. The van der Waals surface area contributed by atoms with E-state index >= 15 is 0 Å². The van der Waals surface area contributed by atoms with Crippen LogP contribution in [0.25, 0.3) is 0 Å². The molecular weight excluding hydrogens is 228 g/mol. The van der Waals surface area contributed by atoms with Crippen molar-refractivity contribution in [3.05, 3.63) is 47.8 Å². The zero-order chi connectivity index (χ0) is 13.1. The molecule has 0 fully saturated rings. The molecule has 0 unspecified atom stereocenters. The van der Waals surface area contributed by atoms with Gasteiger partial charge in [-0.15, -0.1) is 0 Å². The molecule has 0 spiro atoms. The molecule has 0 saturated carbocycles. The minimum Gasteiger partial charge on any atom is -0.399 e. The summed E-state index contributed by atoms with van der Waals surface area (Å²) in [6, 6.07) is 8.31. The second-order valence-corrected chi connectivity index (χ2v) is 3.98. The predicted molar refractivity (Wildman–Crippen MR) is 72.2 cm³/mol. The van der Waals surface area contributed by atoms with Gasteiger partial charge >= 0.3 is 0 Å². The monoisotopic (exact) mass is 242 g/mol. The zero-order valence-electron chi connectivity index (χ0n) is 9.97. The predicted octanol–water partition coefficient (Wildman–Crippen LogP) is 1.81. The van der Waals surface area contributed by atoms with Crippen molar-refractivity contribution in [2.24, 2.45) is 0 Å². The number of carbonyl (C=O) groups is 1. The number of benzene rings is 1. The number of aromatic nitrogens is 1. The molecular formula is C13H14N4O. The highest BCUT2D eigenvalue weighted by atomic mass is 16.1. The first-order chi connectivity index (χ1) is 8.56. The summed E-state index contributed by atoms with van der Waals surface area (Å²) >= 11 is 0. The number of carbonyl (C=O) groups excluding carboxylic acids is 1. The number of anilines is 3. The molecule has 1 heterocycles. The van der Waals surface area contributed by atoms with Gasteiger partial charge in [0.05, 0.1) is 11.4 Å². The maximum absolute atomic E-state index is 12.0. The highest BCUT2D eigenvalue weighted by molar-refractivity contribution is 6.05. The van der Waals surface area contributed by atoms with Gasteiger partial charge in [-0.2, -0.15) is 0 Å². The number of aryl methyl sites for hydroxylation is 1. The molecule has 5 N–H and O–H groups in total. The molecule has 0 saturated heterocycles. The molecule has 2 rings (SSSR count). The van der Waals surface area contributed by atoms with Crippen LogP contribution < -0.4 is 16.8 Å². The smallest absolute Gasteiger partial charge is 0.255 e. The molecule has 0 aliphatic carbocycles. The summed E-state index contributed by atoms with van der Waals surface area (Å²) in [5, 5.41) is 2.77. The van der Waals surface area contributed by atoms with Gasteiger partial charge in [0.15, 0.2) is 0 Å². The summed E-state index contributed by atoms with van der Waals surface area (Å²) in [4.78, 5) is 16.1. The zero-order valence-corrected chi connectivity index (χ0v) is 9.97. The lowest BCUT2D eigenvalue weighted by atomic mass is 10.1. The van der Waals surface area contributed by atoms with Crippen LogP contribution in [0.15, 0.2) is 36.5 Å². The molecule has 1 aromatic carbocycles. The number of hydrogen-bond donors (Lipinski definition) is 3. The number of pyridine rings is 1. The topological polar surface area (TPSA) is 94.0 Å². The van der Waals surface area contributed by atoms with E-state index in [4.69, 9.17) is 11.5 Å². The average molecular weight is 242 g/mol. The molecule has 0 aliphatic heterocycles. The van der Waals surface area contributed by atoms with Crippen LogP contribution in [0, 0.1) is 6.92 Å². The first kappa shape index (κ1) is 11.9. The first-order valence-corrected chi connectivity index (χ1v) is 5.45. The Morgan fingerprint density at radius 1 is 1.22 bits per heavy atom. The van der Waals surface area contributed by atoms with Crippen molar-refractivity contribution >= 4 is 23.0 Å². The van der Waals surface area contributed by atoms with Crippen molar-refractivity contribution in [2.45, 2.75) is 6.92 Å². The molecule has 0 bridgehead atoms. The lowest BCUT2D eigenvalue weighted by Crippen LogP contribution is -2.13. The van der Waals surface area contributed by atoms with Gasteiger partial charge in [-0.3, -0.25) is 9.78 Å². The average Bonchev–Trinajstić information content (AvgIpc) is 2.31. The molecule has 1 amide bonds. The SMILES string of the molecule is Cc1ncccc1NC(=O)c1cc(N)cc(N)c1. The fourth-order valence-corrected chi connectivity index (χ4v) is 1.62. The first-order valence-electron chi connectivity index (χ1n) is 5.45. The van der Waals surface area contributed by atoms with Crippen molar-refractivity contribution in [3.63, 3.8) is 0 Å². The Labute approximate surface area is 105 Å². The van der Waals surface area contributed by atoms with E-state index in [0.717, 1.165) is 5.69 Å². The summed E-state index contributed by atoms with van der Waals surface area (Å²) in [7, 11) is 0. The van der Waals surface area contributed by atoms with Crippen LogP contribution in [0.2, 0.25) is 0 Å². The van der Waals surface area contributed by atoms with Crippen LogP contribution in [0.1, 0.15) is 16.1 Å². The third-order valence-corrected chi connectivity index (χ3v) is 2.49. The normalized spacial score (nSPS) is 10.1. The van der Waals surface area contributed by atoms with Crippen molar-refractivity contribution in [1.29, 1.82) is 0 Å². The van der Waals surface area contributed by atoms with Crippen molar-refractivity contribution in [3.8, 4) is 0 Å². The van der Waals surface area contributed by atoms with Crippen molar-refractivity contribution in [1.82, 2.24) is 4.98 Å². The second kappa shape index (κ2) is 4.75. The van der Waals surface area contributed by atoms with Gasteiger partial charge in [0, 0.05) is 23.1 Å². The Morgan fingerprint density at radius 2 is 1.89 bits per heavy atom. The number of nitrogen functional groups attached to an aromatic ring is 2. The van der Waals surface area contributed by atoms with Crippen LogP contribution in [0.4, 0.5) is 17.1 Å². The molecule has 2 aromatic rings. The van der Waals surface area contributed by atoms with Crippen LogP contribution in [0.5, 0.6) is 0 Å². The Morgan fingerprint density at radius 3 is 2.50 bits per heavy atom. The number of hydrogen-bond acceptors (Lipinski definition) is 4. The standard InChI is InChI=1S/C13H14N4O/c1-8-12(3-2-4-16-8)17-13(18)9-5-10(14)7-11(15)6-9/h2-7H,14-15H2,1H3,(H,17,18). The lowest BCUT2D eigenvalue weighted by molar-refractivity contribution is 0.102. The molecule has 0 radical (unpaired) electrons. The van der Waals surface area contributed by atoms with Gasteiger partial charge in [0.1, 0.15) is 0 Å². The largest absolute Gasteiger partial charge is 0.399 e. The van der Waals surface area contributed by atoms with Crippen molar-refractivity contribution in [2.75, 3.05) is 16.8 Å². The summed E-state index contributed by atoms with van der Waals surface area (Å²) in [6.07, 6.45) is 1.67. The third kappa shape index (κ3) is 2.57. The van der Waals surface area contributed by atoms with Crippen LogP contribution in [0.3, 0.4) is 0 Å². The van der Waals surface area contributed by atoms with Gasteiger partial charge < -0.3 is 16.8 Å². The Hall–Kier alpha value is -2.56. The van der Waals surface area contributed by atoms with Gasteiger partial charge in [-0.1, -0.05) is 0 Å². The van der Waals surface area contributed by atoms with Crippen LogP contribution in [-0.4, -0.2) is 10.9 Å². The van der Waals surface area contributed by atoms with E-state index in [9.17, 15) is 4.79 Å². The summed E-state index contributed by atoms with van der Waals surface area (Å²) in [5.74, 6) is -0.259. The Balaban J connectivity index is 2.25. The summed E-state index contributed by atoms with van der Waals surface area (Å²) < 4.78 is 0. The number of nitrogens with one attached hydrogen (secondary N) is 1. The Kier molecular flexibility index (Phi) is 3.14. The van der Waals surface area contributed by atoms with Crippen molar-refractivity contribution < 1.29 is 4.79 Å². The van der Waals surface area contributed by atoms with E-state index < -0.39 is 0 Å². The third-order valence-electron chi connectivity index (χ3n) is 2.49. The maximum atomic E-state index is 12.0. The molecule has 5 heteroatoms. The summed E-state index contributed by atoms with van der Waals surface area (Å²) in [6.45, 7) is 1.82. The quantitative estimate of drug-likeness (QED) is 0.700. The number of rotatable bonds is 2. The molecule has 92 valence electrons. The molecule has 1 aromatic heterocycles. The van der Waals surface area contributed by atoms with E-state index in [1.165, 1.54) is 0 Å². The van der Waals surface area contributed by atoms with E-state index in [1.54, 1.807) is 36.5 Å². The fraction of sp³-hybridized carbons (Fsp3) is 0.0769. The van der Waals surface area contributed by atoms with Crippen LogP contribution in [-0.2, 0) is 0 Å². The van der Waals surface area contributed by atoms with Crippen LogP contribution >= 0.6 is 0 Å². The maximum Gasteiger partial charge on any atom is 0.255 e. The summed E-state index contributed by atoms with van der Waals surface area (Å²) in [5.41, 5.74) is 14.1. The number of nitrogens with zero attached hydrogens (tertiary/aromatic N) is 1. The fourth-order valence-electron chi connectivity index (χ4n) is 1.62. The minimum absolute atomic E-state index is 0.259. The molecule has 0 aliphatic rings. The molecule has 18 heavy (non-hydrogen) atoms. The molecule has 0 atom stereocenters. The lowest BCUT2D eigenvalue weighted by Gasteiger charge is -2.08. The van der Waals surface area contributed by atoms with Gasteiger partial charge in [0.25, 0.3) is 5.91 Å². The van der Waals surface area contributed by atoms with E-state index in [2.05, 4.69) is 10.3 Å². The second-order valence-electron chi connectivity index (χ2n) is 3.98.